The van der Waals surface area contributed by atoms with Gasteiger partial charge in [0.15, 0.2) is 5.43 Å². The van der Waals surface area contributed by atoms with E-state index < -0.39 is 6.04 Å². The van der Waals surface area contributed by atoms with Gasteiger partial charge in [-0.25, -0.2) is 4.39 Å². The van der Waals surface area contributed by atoms with E-state index in [0.29, 0.717) is 40.9 Å². The van der Waals surface area contributed by atoms with Crippen LogP contribution in [0.2, 0.25) is 0 Å². The smallest absolute Gasteiger partial charge is 0.290 e. The third-order valence-corrected chi connectivity index (χ3v) is 5.91. The average Bonchev–Trinajstić information content (AvgIpc) is 3.06. The predicted octanol–water partition coefficient (Wildman–Crippen LogP) is 3.83. The molecule has 3 aromatic rings. The van der Waals surface area contributed by atoms with Crippen LogP contribution in [0.15, 0.2) is 51.7 Å². The summed E-state index contributed by atoms with van der Waals surface area (Å²) in [6.45, 7) is 6.92. The zero-order valence-corrected chi connectivity index (χ0v) is 17.9. The summed E-state index contributed by atoms with van der Waals surface area (Å²) in [5, 5.41) is 0.380. The molecule has 0 unspecified atom stereocenters. The van der Waals surface area contributed by atoms with Crippen molar-refractivity contribution in [3.05, 3.63) is 75.4 Å². The first kappa shape index (κ1) is 21.1. The van der Waals surface area contributed by atoms with Crippen LogP contribution in [-0.4, -0.2) is 49.0 Å². The fourth-order valence-electron chi connectivity index (χ4n) is 4.14. The number of carbonyl (C=O) groups is 1. The number of amides is 1. The van der Waals surface area contributed by atoms with Gasteiger partial charge in [-0.15, -0.1) is 0 Å². The Labute approximate surface area is 179 Å². The van der Waals surface area contributed by atoms with E-state index in [-0.39, 0.29) is 22.9 Å². The van der Waals surface area contributed by atoms with E-state index in [4.69, 9.17) is 9.15 Å². The van der Waals surface area contributed by atoms with Crippen molar-refractivity contribution in [2.45, 2.75) is 19.9 Å². The van der Waals surface area contributed by atoms with E-state index >= 15 is 0 Å². The third-order valence-electron chi connectivity index (χ3n) is 5.91. The lowest BCUT2D eigenvalue weighted by atomic mass is 9.98. The normalized spacial score (nSPS) is 15.7. The summed E-state index contributed by atoms with van der Waals surface area (Å²) in [6.07, 6.45) is 0. The molecule has 1 aliphatic rings. The molecule has 0 saturated carbocycles. The summed E-state index contributed by atoms with van der Waals surface area (Å²) in [7, 11) is 1.53. The quantitative estimate of drug-likeness (QED) is 0.577. The topological polar surface area (TPSA) is 63.0 Å². The fraction of sp³-hybridized carbons (Fsp3) is 0.333. The Bertz CT molecular complexity index is 1170. The number of hydrogen-bond acceptors (Lipinski definition) is 5. The van der Waals surface area contributed by atoms with Gasteiger partial charge in [-0.2, -0.15) is 0 Å². The van der Waals surface area contributed by atoms with Crippen molar-refractivity contribution < 1.29 is 18.3 Å². The molecular weight excluding hydrogens is 399 g/mol. The van der Waals surface area contributed by atoms with Crippen LogP contribution in [0, 0.1) is 5.82 Å². The highest BCUT2D eigenvalue weighted by atomic mass is 19.1. The Morgan fingerprint density at radius 3 is 2.45 bits per heavy atom. The van der Waals surface area contributed by atoms with Crippen molar-refractivity contribution in [2.24, 2.45) is 0 Å². The van der Waals surface area contributed by atoms with Crippen molar-refractivity contribution in [1.82, 2.24) is 9.80 Å². The molecule has 162 valence electrons. The summed E-state index contributed by atoms with van der Waals surface area (Å²) in [6, 6.07) is 10.2. The highest BCUT2D eigenvalue weighted by Crippen LogP contribution is 2.38. The van der Waals surface area contributed by atoms with E-state index in [1.54, 1.807) is 35.2 Å². The molecule has 6 nitrogen and oxygen atoms in total. The van der Waals surface area contributed by atoms with Crippen LogP contribution < -0.4 is 10.2 Å². The van der Waals surface area contributed by atoms with E-state index in [0.717, 1.165) is 13.1 Å². The van der Waals surface area contributed by atoms with E-state index in [2.05, 4.69) is 18.7 Å². The van der Waals surface area contributed by atoms with E-state index in [1.165, 1.54) is 19.2 Å². The lowest BCUT2D eigenvalue weighted by Crippen LogP contribution is -2.37. The van der Waals surface area contributed by atoms with Crippen LogP contribution in [0.25, 0.3) is 11.0 Å². The van der Waals surface area contributed by atoms with Gasteiger partial charge in [0.25, 0.3) is 5.91 Å². The van der Waals surface area contributed by atoms with Crippen molar-refractivity contribution in [2.75, 3.05) is 33.3 Å². The zero-order chi connectivity index (χ0) is 22.1. The fourth-order valence-corrected chi connectivity index (χ4v) is 4.14. The second kappa shape index (κ2) is 8.51. The van der Waals surface area contributed by atoms with Gasteiger partial charge in [-0.1, -0.05) is 26.0 Å². The number of benzene rings is 2. The number of hydrogen-bond donors (Lipinski definition) is 0. The predicted molar refractivity (Wildman–Crippen MR) is 116 cm³/mol. The average molecular weight is 424 g/mol. The largest absolute Gasteiger partial charge is 0.497 e. The second-order valence-corrected chi connectivity index (χ2v) is 7.52. The molecule has 1 amide bonds. The van der Waals surface area contributed by atoms with Gasteiger partial charge in [0.1, 0.15) is 17.1 Å². The maximum atomic E-state index is 13.6. The number of rotatable bonds is 7. The Morgan fingerprint density at radius 1 is 1.10 bits per heavy atom. The summed E-state index contributed by atoms with van der Waals surface area (Å²) < 4.78 is 24.7. The Balaban J connectivity index is 1.86. The number of likely N-dealkylation sites (N-methyl/N-ethyl adjacent to an activating group) is 1. The Kier molecular flexibility index (Phi) is 5.78. The highest BCUT2D eigenvalue weighted by Gasteiger charge is 2.42. The first-order chi connectivity index (χ1) is 15.0. The van der Waals surface area contributed by atoms with Gasteiger partial charge in [-0.05, 0) is 42.9 Å². The minimum Gasteiger partial charge on any atom is -0.497 e. The molecule has 0 radical (unpaired) electrons. The van der Waals surface area contributed by atoms with Crippen LogP contribution in [0.1, 0.15) is 41.6 Å². The summed E-state index contributed by atoms with van der Waals surface area (Å²) in [5.41, 5.74) is 1.02. The van der Waals surface area contributed by atoms with Crippen LogP contribution in [-0.2, 0) is 0 Å². The molecule has 0 fully saturated rings. The molecule has 2 aromatic carbocycles. The summed E-state index contributed by atoms with van der Waals surface area (Å²) in [5.74, 6) is -0.131. The van der Waals surface area contributed by atoms with Gasteiger partial charge in [0, 0.05) is 19.2 Å². The number of ether oxygens (including phenoxy) is 1. The van der Waals surface area contributed by atoms with Crippen molar-refractivity contribution in [3.8, 4) is 5.75 Å². The molecule has 0 spiro atoms. The summed E-state index contributed by atoms with van der Waals surface area (Å²) >= 11 is 0. The standard InChI is InChI=1S/C24H25FN2O4/c1-4-26(5-2)12-13-27-21(15-6-8-16(25)9-7-15)20-22(28)18-11-10-17(30-3)14-19(18)31-23(20)24(27)29/h6-11,14,21H,4-5,12-13H2,1-3H3/t21-/m0/s1. The van der Waals surface area contributed by atoms with Gasteiger partial charge in [-0.3, -0.25) is 9.59 Å². The second-order valence-electron chi connectivity index (χ2n) is 7.52. The molecule has 1 aliphatic heterocycles. The number of carbonyl (C=O) groups excluding carboxylic acids is 1. The molecule has 2 heterocycles. The highest BCUT2D eigenvalue weighted by molar-refractivity contribution is 5.99. The third kappa shape index (κ3) is 3.70. The monoisotopic (exact) mass is 424 g/mol. The van der Waals surface area contributed by atoms with Gasteiger partial charge >= 0.3 is 0 Å². The van der Waals surface area contributed by atoms with Crippen molar-refractivity contribution >= 4 is 16.9 Å². The molecular formula is C24H25FN2O4. The van der Waals surface area contributed by atoms with Crippen LogP contribution in [0.5, 0.6) is 5.75 Å². The van der Waals surface area contributed by atoms with Crippen LogP contribution >= 0.6 is 0 Å². The zero-order valence-electron chi connectivity index (χ0n) is 17.9. The lowest BCUT2D eigenvalue weighted by molar-refractivity contribution is 0.0708. The van der Waals surface area contributed by atoms with Gasteiger partial charge < -0.3 is 19.0 Å². The van der Waals surface area contributed by atoms with Gasteiger partial charge in [0.05, 0.1) is 24.1 Å². The SMILES string of the molecule is CCN(CC)CCN1C(=O)c2oc3cc(OC)ccc3c(=O)c2[C@@H]1c1ccc(F)cc1. The lowest BCUT2D eigenvalue weighted by Gasteiger charge is -2.28. The summed E-state index contributed by atoms with van der Waals surface area (Å²) in [4.78, 5) is 30.7. The number of halogens is 1. The van der Waals surface area contributed by atoms with Gasteiger partial charge in [0.2, 0.25) is 5.76 Å². The first-order valence-electron chi connectivity index (χ1n) is 10.4. The van der Waals surface area contributed by atoms with E-state index in [9.17, 15) is 14.0 Å². The molecule has 1 aromatic heterocycles. The number of nitrogens with zero attached hydrogens (tertiary/aromatic N) is 2. The Morgan fingerprint density at radius 2 is 1.81 bits per heavy atom. The van der Waals surface area contributed by atoms with E-state index in [1.807, 2.05) is 0 Å². The Hall–Kier alpha value is -3.19. The molecule has 0 saturated heterocycles. The molecule has 0 N–H and O–H groups in total. The minimum atomic E-state index is -0.624. The molecule has 31 heavy (non-hydrogen) atoms. The van der Waals surface area contributed by atoms with Crippen LogP contribution in [0.3, 0.4) is 0 Å². The maximum absolute atomic E-state index is 13.6. The van der Waals surface area contributed by atoms with Crippen LogP contribution in [0.4, 0.5) is 4.39 Å². The molecule has 7 heteroatoms. The van der Waals surface area contributed by atoms with Crippen molar-refractivity contribution in [3.63, 3.8) is 0 Å². The minimum absolute atomic E-state index is 0.0413. The molecule has 0 aliphatic carbocycles. The molecule has 4 rings (SSSR count). The number of fused-ring (bicyclic) bond motifs is 2. The molecule has 0 bridgehead atoms. The molecule has 1 atom stereocenters. The first-order valence-corrected chi connectivity index (χ1v) is 10.4. The maximum Gasteiger partial charge on any atom is 0.290 e. The van der Waals surface area contributed by atoms with Crippen molar-refractivity contribution in [1.29, 1.82) is 0 Å². The number of methoxy groups -OCH3 is 1.